The summed E-state index contributed by atoms with van der Waals surface area (Å²) in [5, 5.41) is 3.76. The highest BCUT2D eigenvalue weighted by Gasteiger charge is 2.42. The molecule has 94 valence electrons. The van der Waals surface area contributed by atoms with Crippen molar-refractivity contribution < 1.29 is 0 Å². The number of thioether (sulfide) groups is 1. The average Bonchev–Trinajstić information content (AvgIpc) is 2.78. The van der Waals surface area contributed by atoms with Crippen LogP contribution in [0.5, 0.6) is 0 Å². The van der Waals surface area contributed by atoms with Gasteiger partial charge in [0, 0.05) is 37.0 Å². The van der Waals surface area contributed by atoms with Crippen LogP contribution >= 0.6 is 11.8 Å². The van der Waals surface area contributed by atoms with E-state index < -0.39 is 0 Å². The van der Waals surface area contributed by atoms with Gasteiger partial charge in [0.05, 0.1) is 0 Å². The van der Waals surface area contributed by atoms with Crippen LogP contribution in [0.1, 0.15) is 39.0 Å². The van der Waals surface area contributed by atoms with Gasteiger partial charge in [0.2, 0.25) is 0 Å². The quantitative estimate of drug-likeness (QED) is 0.815. The van der Waals surface area contributed by atoms with Crippen molar-refractivity contribution in [2.45, 2.75) is 50.6 Å². The van der Waals surface area contributed by atoms with Gasteiger partial charge in [-0.15, -0.1) is 0 Å². The molecule has 0 aromatic heterocycles. The standard InChI is InChI=1S/C13H26N2S/c1-3-12-10-15(8-9-16-2)13(11-14-12)6-4-5-7-13/h12,14H,3-11H2,1-2H3. The predicted molar refractivity (Wildman–Crippen MR) is 73.2 cm³/mol. The molecule has 2 fully saturated rings. The zero-order valence-electron chi connectivity index (χ0n) is 10.8. The van der Waals surface area contributed by atoms with E-state index in [2.05, 4.69) is 23.4 Å². The number of rotatable bonds is 4. The predicted octanol–water partition coefficient (Wildman–Crippen LogP) is 2.35. The Labute approximate surface area is 105 Å². The molecular formula is C13H26N2S. The second-order valence-corrected chi connectivity index (χ2v) is 6.34. The van der Waals surface area contributed by atoms with E-state index in [0.717, 1.165) is 6.04 Å². The molecule has 1 N–H and O–H groups in total. The van der Waals surface area contributed by atoms with Crippen LogP contribution in [0.25, 0.3) is 0 Å². The Balaban J connectivity index is 1.99. The smallest absolute Gasteiger partial charge is 0.0335 e. The van der Waals surface area contributed by atoms with E-state index in [1.54, 1.807) is 0 Å². The van der Waals surface area contributed by atoms with Crippen molar-refractivity contribution >= 4 is 11.8 Å². The Bertz CT molecular complexity index is 214. The van der Waals surface area contributed by atoms with Crippen molar-refractivity contribution in [2.75, 3.05) is 31.6 Å². The summed E-state index contributed by atoms with van der Waals surface area (Å²) in [4.78, 5) is 2.81. The van der Waals surface area contributed by atoms with Gasteiger partial charge in [0.1, 0.15) is 0 Å². The fourth-order valence-corrected chi connectivity index (χ4v) is 3.70. The molecule has 1 spiro atoms. The van der Waals surface area contributed by atoms with E-state index in [4.69, 9.17) is 0 Å². The molecule has 1 atom stereocenters. The van der Waals surface area contributed by atoms with Gasteiger partial charge < -0.3 is 5.32 Å². The molecule has 1 saturated heterocycles. The molecular weight excluding hydrogens is 216 g/mol. The minimum absolute atomic E-state index is 0.529. The van der Waals surface area contributed by atoms with Gasteiger partial charge in [-0.1, -0.05) is 19.8 Å². The topological polar surface area (TPSA) is 15.3 Å². The molecule has 0 aromatic rings. The first-order valence-electron chi connectivity index (χ1n) is 6.78. The molecule has 2 aliphatic rings. The molecule has 1 aliphatic heterocycles. The normalized spacial score (nSPS) is 30.0. The molecule has 2 rings (SSSR count). The number of hydrogen-bond acceptors (Lipinski definition) is 3. The molecule has 3 heteroatoms. The lowest BCUT2D eigenvalue weighted by Gasteiger charge is -2.48. The average molecular weight is 242 g/mol. The van der Waals surface area contributed by atoms with Crippen molar-refractivity contribution in [3.05, 3.63) is 0 Å². The molecule has 2 nitrogen and oxygen atoms in total. The lowest BCUT2D eigenvalue weighted by Crippen LogP contribution is -2.63. The van der Waals surface area contributed by atoms with Crippen LogP contribution in [0.15, 0.2) is 0 Å². The summed E-state index contributed by atoms with van der Waals surface area (Å²) in [5.74, 6) is 1.29. The fourth-order valence-electron chi connectivity index (χ4n) is 3.30. The van der Waals surface area contributed by atoms with E-state index in [1.165, 1.54) is 57.5 Å². The molecule has 1 heterocycles. The van der Waals surface area contributed by atoms with Crippen molar-refractivity contribution in [2.24, 2.45) is 0 Å². The summed E-state index contributed by atoms with van der Waals surface area (Å²) in [6.07, 6.45) is 9.21. The Morgan fingerprint density at radius 1 is 1.38 bits per heavy atom. The summed E-state index contributed by atoms with van der Waals surface area (Å²) in [6.45, 7) is 6.10. The van der Waals surface area contributed by atoms with Crippen LogP contribution in [-0.2, 0) is 0 Å². The van der Waals surface area contributed by atoms with Gasteiger partial charge >= 0.3 is 0 Å². The highest BCUT2D eigenvalue weighted by Crippen LogP contribution is 2.37. The second-order valence-electron chi connectivity index (χ2n) is 5.36. The first kappa shape index (κ1) is 12.7. The SMILES string of the molecule is CCC1CN(CCSC)C2(CCCC2)CN1. The summed E-state index contributed by atoms with van der Waals surface area (Å²) in [5.41, 5.74) is 0.529. The molecule has 0 amide bonds. The van der Waals surface area contributed by atoms with Gasteiger partial charge in [-0.25, -0.2) is 0 Å². The Kier molecular flexibility index (Phi) is 4.57. The Hall–Kier alpha value is 0.270. The van der Waals surface area contributed by atoms with Crippen LogP contribution in [0.4, 0.5) is 0 Å². The maximum absolute atomic E-state index is 3.76. The highest BCUT2D eigenvalue weighted by atomic mass is 32.2. The van der Waals surface area contributed by atoms with E-state index in [9.17, 15) is 0 Å². The largest absolute Gasteiger partial charge is 0.311 e. The summed E-state index contributed by atoms with van der Waals surface area (Å²) < 4.78 is 0. The molecule has 0 aromatic carbocycles. The molecule has 16 heavy (non-hydrogen) atoms. The van der Waals surface area contributed by atoms with Crippen molar-refractivity contribution in [1.82, 2.24) is 10.2 Å². The van der Waals surface area contributed by atoms with Gasteiger partial charge in [-0.2, -0.15) is 11.8 Å². The lowest BCUT2D eigenvalue weighted by atomic mass is 9.90. The number of hydrogen-bond donors (Lipinski definition) is 1. The molecule has 1 unspecified atom stereocenters. The molecule has 0 radical (unpaired) electrons. The van der Waals surface area contributed by atoms with Crippen molar-refractivity contribution in [1.29, 1.82) is 0 Å². The Morgan fingerprint density at radius 3 is 2.75 bits per heavy atom. The first-order valence-corrected chi connectivity index (χ1v) is 8.17. The van der Waals surface area contributed by atoms with E-state index in [0.29, 0.717) is 5.54 Å². The summed E-state index contributed by atoms with van der Waals surface area (Å²) in [7, 11) is 0. The first-order chi connectivity index (χ1) is 7.80. The maximum Gasteiger partial charge on any atom is 0.0335 e. The zero-order valence-corrected chi connectivity index (χ0v) is 11.6. The fraction of sp³-hybridized carbons (Fsp3) is 1.00. The van der Waals surface area contributed by atoms with Crippen molar-refractivity contribution in [3.8, 4) is 0 Å². The van der Waals surface area contributed by atoms with E-state index in [-0.39, 0.29) is 0 Å². The van der Waals surface area contributed by atoms with Gasteiger partial charge in [0.25, 0.3) is 0 Å². The van der Waals surface area contributed by atoms with Gasteiger partial charge in [0.15, 0.2) is 0 Å². The molecule has 1 aliphatic carbocycles. The van der Waals surface area contributed by atoms with Crippen LogP contribution in [0, 0.1) is 0 Å². The zero-order chi connectivity index (χ0) is 11.4. The van der Waals surface area contributed by atoms with Crippen LogP contribution < -0.4 is 5.32 Å². The van der Waals surface area contributed by atoms with Crippen molar-refractivity contribution in [3.63, 3.8) is 0 Å². The number of nitrogens with one attached hydrogen (secondary N) is 1. The third-order valence-electron chi connectivity index (χ3n) is 4.42. The third-order valence-corrected chi connectivity index (χ3v) is 5.01. The summed E-state index contributed by atoms with van der Waals surface area (Å²) in [6, 6.07) is 0.730. The van der Waals surface area contributed by atoms with Crippen LogP contribution in [-0.4, -0.2) is 48.1 Å². The molecule has 1 saturated carbocycles. The molecule has 0 bridgehead atoms. The number of nitrogens with zero attached hydrogens (tertiary/aromatic N) is 1. The highest BCUT2D eigenvalue weighted by molar-refractivity contribution is 7.98. The monoisotopic (exact) mass is 242 g/mol. The Morgan fingerprint density at radius 2 is 2.12 bits per heavy atom. The van der Waals surface area contributed by atoms with E-state index in [1.807, 2.05) is 11.8 Å². The van der Waals surface area contributed by atoms with E-state index >= 15 is 0 Å². The third kappa shape index (κ3) is 2.57. The minimum Gasteiger partial charge on any atom is -0.311 e. The van der Waals surface area contributed by atoms with Gasteiger partial charge in [-0.3, -0.25) is 4.90 Å². The maximum atomic E-state index is 3.76. The lowest BCUT2D eigenvalue weighted by molar-refractivity contribution is 0.0484. The second kappa shape index (κ2) is 5.74. The summed E-state index contributed by atoms with van der Waals surface area (Å²) >= 11 is 1.98. The minimum atomic E-state index is 0.529. The number of piperazine rings is 1. The van der Waals surface area contributed by atoms with Crippen LogP contribution in [0.3, 0.4) is 0 Å². The van der Waals surface area contributed by atoms with Gasteiger partial charge in [-0.05, 0) is 25.5 Å². The van der Waals surface area contributed by atoms with Crippen LogP contribution in [0.2, 0.25) is 0 Å².